The molecule has 0 aromatic heterocycles. The summed E-state index contributed by atoms with van der Waals surface area (Å²) in [6.07, 6.45) is 0. The molecule has 102 valence electrons. The Kier molecular flexibility index (Phi) is 4.66. The molecule has 1 saturated heterocycles. The second-order valence-electron chi connectivity index (χ2n) is 4.62. The van der Waals surface area contributed by atoms with Gasteiger partial charge in [0.1, 0.15) is 0 Å². The lowest BCUT2D eigenvalue weighted by molar-refractivity contribution is -0.142. The molecular formula is C11H19N3O4. The fraction of sp³-hybridized carbons (Fsp3) is 0.727. The molecule has 0 radical (unpaired) electrons. The molecule has 3 amide bonds. The van der Waals surface area contributed by atoms with E-state index in [1.165, 1.54) is 7.05 Å². The zero-order valence-corrected chi connectivity index (χ0v) is 10.8. The van der Waals surface area contributed by atoms with E-state index in [2.05, 4.69) is 10.6 Å². The Morgan fingerprint density at radius 3 is 2.39 bits per heavy atom. The van der Waals surface area contributed by atoms with E-state index >= 15 is 0 Å². The number of hydrogen-bond acceptors (Lipinski definition) is 4. The average molecular weight is 257 g/mol. The van der Waals surface area contributed by atoms with Gasteiger partial charge in [-0.05, 0) is 12.8 Å². The highest BCUT2D eigenvalue weighted by Gasteiger charge is 2.38. The quantitative estimate of drug-likeness (QED) is 0.632. The van der Waals surface area contributed by atoms with Crippen molar-refractivity contribution in [2.75, 3.05) is 20.1 Å². The Bertz CT molecular complexity index is 358. The van der Waals surface area contributed by atoms with Crippen LogP contribution in [0.1, 0.15) is 13.8 Å². The first-order valence-corrected chi connectivity index (χ1v) is 5.86. The lowest BCUT2D eigenvalue weighted by atomic mass is 9.99. The third kappa shape index (κ3) is 3.19. The standard InChI is InChI=1S/C11H19N3O4/c1-6-4-14(5-8(6)10(16)17)7(2)9(15)13-11(18)12-3/h6-8H,4-5H2,1-3H3,(H,16,17)(H2,12,13,15,18). The lowest BCUT2D eigenvalue weighted by Crippen LogP contribution is -2.48. The van der Waals surface area contributed by atoms with Crippen molar-refractivity contribution in [2.24, 2.45) is 11.8 Å². The van der Waals surface area contributed by atoms with E-state index in [0.29, 0.717) is 13.1 Å². The van der Waals surface area contributed by atoms with Gasteiger partial charge in [-0.3, -0.25) is 19.8 Å². The van der Waals surface area contributed by atoms with Crippen molar-refractivity contribution in [3.8, 4) is 0 Å². The number of carbonyl (C=O) groups excluding carboxylic acids is 2. The maximum Gasteiger partial charge on any atom is 0.321 e. The summed E-state index contributed by atoms with van der Waals surface area (Å²) in [5.41, 5.74) is 0. The van der Waals surface area contributed by atoms with Crippen LogP contribution in [-0.4, -0.2) is 54.1 Å². The molecule has 0 bridgehead atoms. The Hall–Kier alpha value is -1.63. The van der Waals surface area contributed by atoms with Crippen molar-refractivity contribution in [1.82, 2.24) is 15.5 Å². The molecule has 1 heterocycles. The van der Waals surface area contributed by atoms with Gasteiger partial charge >= 0.3 is 12.0 Å². The molecule has 1 aliphatic rings. The molecule has 3 unspecified atom stereocenters. The van der Waals surface area contributed by atoms with E-state index in [-0.39, 0.29) is 5.92 Å². The number of imide groups is 1. The molecule has 0 aromatic rings. The van der Waals surface area contributed by atoms with Crippen molar-refractivity contribution >= 4 is 17.9 Å². The summed E-state index contributed by atoms with van der Waals surface area (Å²) in [4.78, 5) is 35.5. The summed E-state index contributed by atoms with van der Waals surface area (Å²) < 4.78 is 0. The van der Waals surface area contributed by atoms with Crippen LogP contribution in [0.3, 0.4) is 0 Å². The molecule has 18 heavy (non-hydrogen) atoms. The molecule has 1 aliphatic heterocycles. The van der Waals surface area contributed by atoms with Crippen LogP contribution >= 0.6 is 0 Å². The first kappa shape index (κ1) is 14.4. The van der Waals surface area contributed by atoms with Gasteiger partial charge < -0.3 is 10.4 Å². The van der Waals surface area contributed by atoms with Crippen LogP contribution in [0.5, 0.6) is 0 Å². The SMILES string of the molecule is CNC(=O)NC(=O)C(C)N1CC(C)C(C(=O)O)C1. The number of carboxylic acid groups (broad SMARTS) is 1. The monoisotopic (exact) mass is 257 g/mol. The Morgan fingerprint density at radius 1 is 1.33 bits per heavy atom. The zero-order chi connectivity index (χ0) is 13.9. The third-order valence-electron chi connectivity index (χ3n) is 3.35. The Balaban J connectivity index is 2.58. The highest BCUT2D eigenvalue weighted by atomic mass is 16.4. The van der Waals surface area contributed by atoms with E-state index in [1.54, 1.807) is 11.8 Å². The first-order chi connectivity index (χ1) is 8.36. The minimum atomic E-state index is -0.844. The first-order valence-electron chi connectivity index (χ1n) is 5.86. The van der Waals surface area contributed by atoms with Crippen LogP contribution in [0.2, 0.25) is 0 Å². The topological polar surface area (TPSA) is 98.7 Å². The molecule has 3 atom stereocenters. The largest absolute Gasteiger partial charge is 0.481 e. The molecule has 1 fully saturated rings. The number of carboxylic acids is 1. The fourth-order valence-electron chi connectivity index (χ4n) is 2.09. The van der Waals surface area contributed by atoms with Crippen LogP contribution < -0.4 is 10.6 Å². The van der Waals surface area contributed by atoms with E-state index < -0.39 is 29.9 Å². The number of rotatable bonds is 3. The average Bonchev–Trinajstić information content (AvgIpc) is 2.70. The maximum atomic E-state index is 11.7. The molecule has 0 spiro atoms. The minimum Gasteiger partial charge on any atom is -0.481 e. The molecule has 1 rings (SSSR count). The molecule has 0 aliphatic carbocycles. The van der Waals surface area contributed by atoms with Crippen molar-refractivity contribution < 1.29 is 19.5 Å². The van der Waals surface area contributed by atoms with E-state index in [0.717, 1.165) is 0 Å². The summed E-state index contributed by atoms with van der Waals surface area (Å²) in [6.45, 7) is 4.38. The molecular weight excluding hydrogens is 238 g/mol. The number of carbonyl (C=O) groups is 3. The van der Waals surface area contributed by atoms with Crippen molar-refractivity contribution in [2.45, 2.75) is 19.9 Å². The van der Waals surface area contributed by atoms with Gasteiger partial charge in [0.15, 0.2) is 0 Å². The van der Waals surface area contributed by atoms with Gasteiger partial charge in [-0.1, -0.05) is 6.92 Å². The van der Waals surface area contributed by atoms with Gasteiger partial charge in [-0.2, -0.15) is 0 Å². The normalized spacial score (nSPS) is 25.5. The summed E-state index contributed by atoms with van der Waals surface area (Å²) in [5, 5.41) is 13.5. The zero-order valence-electron chi connectivity index (χ0n) is 10.8. The summed E-state index contributed by atoms with van der Waals surface area (Å²) in [6, 6.07) is -1.08. The lowest BCUT2D eigenvalue weighted by Gasteiger charge is -2.22. The number of nitrogens with zero attached hydrogens (tertiary/aromatic N) is 1. The van der Waals surface area contributed by atoms with E-state index in [4.69, 9.17) is 5.11 Å². The second kappa shape index (κ2) is 5.81. The van der Waals surface area contributed by atoms with Crippen LogP contribution in [0.4, 0.5) is 4.79 Å². The Labute approximate surface area is 106 Å². The fourth-order valence-corrected chi connectivity index (χ4v) is 2.09. The van der Waals surface area contributed by atoms with Crippen LogP contribution in [0.15, 0.2) is 0 Å². The number of aliphatic carboxylic acids is 1. The number of urea groups is 1. The van der Waals surface area contributed by atoms with Gasteiger partial charge in [-0.25, -0.2) is 4.79 Å². The predicted molar refractivity (Wildman–Crippen MR) is 63.9 cm³/mol. The number of nitrogens with one attached hydrogen (secondary N) is 2. The summed E-state index contributed by atoms with van der Waals surface area (Å²) in [7, 11) is 1.42. The molecule has 0 saturated carbocycles. The number of likely N-dealkylation sites (tertiary alicyclic amines) is 1. The summed E-state index contributed by atoms with van der Waals surface area (Å²) in [5.74, 6) is -1.73. The molecule has 3 N–H and O–H groups in total. The van der Waals surface area contributed by atoms with Crippen LogP contribution in [-0.2, 0) is 9.59 Å². The smallest absolute Gasteiger partial charge is 0.321 e. The van der Waals surface area contributed by atoms with Crippen molar-refractivity contribution in [1.29, 1.82) is 0 Å². The number of amides is 3. The van der Waals surface area contributed by atoms with Crippen LogP contribution in [0, 0.1) is 11.8 Å². The maximum absolute atomic E-state index is 11.7. The predicted octanol–water partition coefficient (Wildman–Crippen LogP) is -0.517. The van der Waals surface area contributed by atoms with Gasteiger partial charge in [0.25, 0.3) is 0 Å². The van der Waals surface area contributed by atoms with Gasteiger partial charge in [0.05, 0.1) is 12.0 Å². The minimum absolute atomic E-state index is 0.00208. The van der Waals surface area contributed by atoms with Gasteiger partial charge in [-0.15, -0.1) is 0 Å². The summed E-state index contributed by atoms with van der Waals surface area (Å²) >= 11 is 0. The Morgan fingerprint density at radius 2 is 1.94 bits per heavy atom. The second-order valence-corrected chi connectivity index (χ2v) is 4.62. The molecule has 0 aromatic carbocycles. The van der Waals surface area contributed by atoms with E-state index in [9.17, 15) is 14.4 Å². The van der Waals surface area contributed by atoms with Crippen molar-refractivity contribution in [3.63, 3.8) is 0 Å². The highest BCUT2D eigenvalue weighted by Crippen LogP contribution is 2.24. The molecule has 7 heteroatoms. The third-order valence-corrected chi connectivity index (χ3v) is 3.35. The van der Waals surface area contributed by atoms with E-state index in [1.807, 2.05) is 6.92 Å². The van der Waals surface area contributed by atoms with Crippen molar-refractivity contribution in [3.05, 3.63) is 0 Å². The highest BCUT2D eigenvalue weighted by molar-refractivity contribution is 5.96. The van der Waals surface area contributed by atoms with Crippen LogP contribution in [0.25, 0.3) is 0 Å². The van der Waals surface area contributed by atoms with Gasteiger partial charge in [0, 0.05) is 20.1 Å². The number of hydrogen-bond donors (Lipinski definition) is 3. The van der Waals surface area contributed by atoms with Gasteiger partial charge in [0.2, 0.25) is 5.91 Å². The molecule has 7 nitrogen and oxygen atoms in total.